The van der Waals surface area contributed by atoms with Crippen molar-refractivity contribution >= 4 is 11.8 Å². The van der Waals surface area contributed by atoms with Gasteiger partial charge in [0.2, 0.25) is 0 Å². The van der Waals surface area contributed by atoms with E-state index < -0.39 is 0 Å². The van der Waals surface area contributed by atoms with Gasteiger partial charge in [-0.1, -0.05) is 24.3 Å². The summed E-state index contributed by atoms with van der Waals surface area (Å²) < 4.78 is 0. The first-order valence-corrected chi connectivity index (χ1v) is 8.47. The summed E-state index contributed by atoms with van der Waals surface area (Å²) in [6, 6.07) is 8.92. The molecule has 0 aromatic heterocycles. The molecule has 0 unspecified atom stereocenters. The summed E-state index contributed by atoms with van der Waals surface area (Å²) in [4.78, 5) is 2.66. The van der Waals surface area contributed by atoms with Gasteiger partial charge < -0.3 is 4.90 Å². The zero-order valence-electron chi connectivity index (χ0n) is 11.7. The molecule has 1 heterocycles. The van der Waals surface area contributed by atoms with Crippen LogP contribution in [0.15, 0.2) is 24.3 Å². The number of aryl methyl sites for hydroxylation is 1. The minimum absolute atomic E-state index is 0.759. The zero-order valence-corrected chi connectivity index (χ0v) is 12.5. The maximum Gasteiger partial charge on any atom is 0.00504 e. The minimum atomic E-state index is 0.759. The number of piperidine rings is 1. The maximum atomic E-state index is 2.66. The third kappa shape index (κ3) is 3.76. The Balaban J connectivity index is 1.92. The maximum absolute atomic E-state index is 2.66. The molecule has 0 aliphatic carbocycles. The summed E-state index contributed by atoms with van der Waals surface area (Å²) in [5, 5.41) is 0. The molecule has 100 valence electrons. The summed E-state index contributed by atoms with van der Waals surface area (Å²) in [6.07, 6.45) is 6.26. The number of thioether (sulfide) groups is 1. The summed E-state index contributed by atoms with van der Waals surface area (Å²) in [5.74, 6) is 2.06. The van der Waals surface area contributed by atoms with E-state index in [0.29, 0.717) is 0 Å². The largest absolute Gasteiger partial charge is 0.303 e. The van der Waals surface area contributed by atoms with E-state index in [0.717, 1.165) is 5.92 Å². The lowest BCUT2D eigenvalue weighted by Crippen LogP contribution is -2.35. The average molecular weight is 263 g/mol. The number of rotatable bonds is 5. The Morgan fingerprint density at radius 1 is 1.33 bits per heavy atom. The Kier molecular flexibility index (Phi) is 5.58. The van der Waals surface area contributed by atoms with Crippen molar-refractivity contribution in [1.29, 1.82) is 0 Å². The van der Waals surface area contributed by atoms with Crippen LogP contribution in [-0.4, -0.2) is 36.5 Å². The van der Waals surface area contributed by atoms with Crippen molar-refractivity contribution in [2.75, 3.05) is 31.6 Å². The summed E-state index contributed by atoms with van der Waals surface area (Å²) in [6.45, 7) is 6.10. The number of hydrogen-bond donors (Lipinski definition) is 0. The van der Waals surface area contributed by atoms with Crippen molar-refractivity contribution in [3.8, 4) is 0 Å². The van der Waals surface area contributed by atoms with E-state index in [4.69, 9.17) is 0 Å². The highest BCUT2D eigenvalue weighted by atomic mass is 32.2. The van der Waals surface area contributed by atoms with Gasteiger partial charge >= 0.3 is 0 Å². The Labute approximate surface area is 116 Å². The molecule has 0 radical (unpaired) electrons. The second-order valence-electron chi connectivity index (χ2n) is 5.34. The Hall–Kier alpha value is -0.470. The van der Waals surface area contributed by atoms with E-state index in [1.54, 1.807) is 5.56 Å². The van der Waals surface area contributed by atoms with E-state index in [2.05, 4.69) is 42.3 Å². The molecule has 1 nitrogen and oxygen atoms in total. The summed E-state index contributed by atoms with van der Waals surface area (Å²) >= 11 is 1.96. The standard InChI is InChI=1S/C16H25NS/c1-14-7-3-4-9-16(14)15-8-5-10-17(13-15)11-6-12-18-2/h3-4,7,9,15H,5-6,8,10-13H2,1-2H3/t15-/m0/s1. The molecule has 2 heteroatoms. The van der Waals surface area contributed by atoms with Crippen LogP contribution in [0.5, 0.6) is 0 Å². The van der Waals surface area contributed by atoms with Crippen molar-refractivity contribution in [2.24, 2.45) is 0 Å². The van der Waals surface area contributed by atoms with Gasteiger partial charge in [-0.25, -0.2) is 0 Å². The van der Waals surface area contributed by atoms with E-state index in [-0.39, 0.29) is 0 Å². The highest BCUT2D eigenvalue weighted by Crippen LogP contribution is 2.28. The van der Waals surface area contributed by atoms with Crippen molar-refractivity contribution in [2.45, 2.75) is 32.1 Å². The zero-order chi connectivity index (χ0) is 12.8. The average Bonchev–Trinajstić information content (AvgIpc) is 2.40. The molecule has 0 bridgehead atoms. The molecule has 0 N–H and O–H groups in total. The first-order valence-electron chi connectivity index (χ1n) is 7.08. The Morgan fingerprint density at radius 3 is 2.94 bits per heavy atom. The lowest BCUT2D eigenvalue weighted by Gasteiger charge is -2.33. The minimum Gasteiger partial charge on any atom is -0.303 e. The number of hydrogen-bond acceptors (Lipinski definition) is 2. The second-order valence-corrected chi connectivity index (χ2v) is 6.33. The third-order valence-electron chi connectivity index (χ3n) is 3.96. The van der Waals surface area contributed by atoms with E-state index in [1.807, 2.05) is 11.8 Å². The van der Waals surface area contributed by atoms with E-state index in [9.17, 15) is 0 Å². The smallest absolute Gasteiger partial charge is 0.00504 e. The Morgan fingerprint density at radius 2 is 2.17 bits per heavy atom. The van der Waals surface area contributed by atoms with Crippen LogP contribution in [0.25, 0.3) is 0 Å². The van der Waals surface area contributed by atoms with Crippen LogP contribution in [-0.2, 0) is 0 Å². The van der Waals surface area contributed by atoms with Gasteiger partial charge in [0, 0.05) is 6.54 Å². The highest BCUT2D eigenvalue weighted by Gasteiger charge is 2.21. The second kappa shape index (κ2) is 7.20. The van der Waals surface area contributed by atoms with Crippen LogP contribution in [0, 0.1) is 6.92 Å². The first kappa shape index (κ1) is 14.0. The third-order valence-corrected chi connectivity index (χ3v) is 4.65. The number of likely N-dealkylation sites (tertiary alicyclic amines) is 1. The molecule has 0 saturated carbocycles. The SMILES string of the molecule is CSCCCN1CCC[C@H](c2ccccc2C)C1. The molecule has 0 spiro atoms. The normalized spacial score (nSPS) is 21.1. The quantitative estimate of drug-likeness (QED) is 0.741. The van der Waals surface area contributed by atoms with Gasteiger partial charge in [-0.15, -0.1) is 0 Å². The van der Waals surface area contributed by atoms with E-state index in [1.165, 1.54) is 50.2 Å². The van der Waals surface area contributed by atoms with Crippen LogP contribution in [0.4, 0.5) is 0 Å². The lowest BCUT2D eigenvalue weighted by molar-refractivity contribution is 0.208. The molecule has 1 aliphatic rings. The number of nitrogens with zero attached hydrogens (tertiary/aromatic N) is 1. The van der Waals surface area contributed by atoms with Crippen LogP contribution >= 0.6 is 11.8 Å². The molecule has 1 aliphatic heterocycles. The predicted octanol–water partition coefficient (Wildman–Crippen LogP) is 3.93. The fourth-order valence-electron chi connectivity index (χ4n) is 2.99. The monoisotopic (exact) mass is 263 g/mol. The number of benzene rings is 1. The molecule has 1 atom stereocenters. The topological polar surface area (TPSA) is 3.24 Å². The molecule has 0 amide bonds. The molecule has 18 heavy (non-hydrogen) atoms. The first-order chi connectivity index (χ1) is 8.81. The van der Waals surface area contributed by atoms with Gasteiger partial charge in [-0.05, 0) is 68.3 Å². The van der Waals surface area contributed by atoms with Gasteiger partial charge in [0.05, 0.1) is 0 Å². The van der Waals surface area contributed by atoms with E-state index >= 15 is 0 Å². The van der Waals surface area contributed by atoms with Crippen LogP contribution in [0.2, 0.25) is 0 Å². The van der Waals surface area contributed by atoms with Gasteiger partial charge in [0.15, 0.2) is 0 Å². The fraction of sp³-hybridized carbons (Fsp3) is 0.625. The highest BCUT2D eigenvalue weighted by molar-refractivity contribution is 7.98. The molecular weight excluding hydrogens is 238 g/mol. The molecular formula is C16H25NS. The fourth-order valence-corrected chi connectivity index (χ4v) is 3.41. The summed E-state index contributed by atoms with van der Waals surface area (Å²) in [5.41, 5.74) is 3.04. The van der Waals surface area contributed by atoms with Crippen LogP contribution in [0.1, 0.15) is 36.3 Å². The Bertz CT molecular complexity index is 364. The van der Waals surface area contributed by atoms with Gasteiger partial charge in [-0.3, -0.25) is 0 Å². The van der Waals surface area contributed by atoms with Crippen molar-refractivity contribution < 1.29 is 0 Å². The molecule has 1 aromatic carbocycles. The van der Waals surface area contributed by atoms with Gasteiger partial charge in [0.25, 0.3) is 0 Å². The molecule has 1 saturated heterocycles. The lowest BCUT2D eigenvalue weighted by atomic mass is 9.88. The van der Waals surface area contributed by atoms with Gasteiger partial charge in [0.1, 0.15) is 0 Å². The molecule has 2 rings (SSSR count). The van der Waals surface area contributed by atoms with Crippen molar-refractivity contribution in [3.05, 3.63) is 35.4 Å². The summed E-state index contributed by atoms with van der Waals surface area (Å²) in [7, 11) is 0. The van der Waals surface area contributed by atoms with Crippen molar-refractivity contribution in [3.63, 3.8) is 0 Å². The molecule has 1 aromatic rings. The molecule has 1 fully saturated rings. The van der Waals surface area contributed by atoms with Crippen LogP contribution < -0.4 is 0 Å². The van der Waals surface area contributed by atoms with Crippen LogP contribution in [0.3, 0.4) is 0 Å². The predicted molar refractivity (Wildman–Crippen MR) is 82.6 cm³/mol. The van der Waals surface area contributed by atoms with Gasteiger partial charge in [-0.2, -0.15) is 11.8 Å². The van der Waals surface area contributed by atoms with Crippen molar-refractivity contribution in [1.82, 2.24) is 4.90 Å².